The van der Waals surface area contributed by atoms with E-state index in [1.54, 1.807) is 16.9 Å². The summed E-state index contributed by atoms with van der Waals surface area (Å²) in [6, 6.07) is 11.0. The van der Waals surface area contributed by atoms with Crippen LogP contribution in [-0.2, 0) is 0 Å². The highest BCUT2D eigenvalue weighted by Crippen LogP contribution is 2.11. The van der Waals surface area contributed by atoms with Crippen LogP contribution in [0, 0.1) is 0 Å². The molecule has 0 bridgehead atoms. The van der Waals surface area contributed by atoms with Crippen molar-refractivity contribution < 1.29 is 0 Å². The third kappa shape index (κ3) is 1.69. The molecular weight excluding hydrogens is 232 g/mol. The smallest absolute Gasteiger partial charge is 0.271 e. The number of nitrogens with zero attached hydrogens (tertiary/aromatic N) is 3. The maximum absolute atomic E-state index is 11.6. The normalized spacial score (nSPS) is 10.7. The molecule has 88 valence electrons. The molecule has 0 unspecified atom stereocenters. The van der Waals surface area contributed by atoms with E-state index in [1.165, 1.54) is 0 Å². The lowest BCUT2D eigenvalue weighted by Crippen LogP contribution is -2.26. The molecule has 0 saturated heterocycles. The molecule has 6 heteroatoms. The van der Waals surface area contributed by atoms with Gasteiger partial charge in [0.05, 0.1) is 5.69 Å². The summed E-state index contributed by atoms with van der Waals surface area (Å²) in [7, 11) is 0. The molecule has 0 saturated carbocycles. The predicted molar refractivity (Wildman–Crippen MR) is 64.9 cm³/mol. The molecule has 6 nitrogen and oxygen atoms in total. The second kappa shape index (κ2) is 3.92. The number of nitrogens with one attached hydrogen (secondary N) is 1. The maximum atomic E-state index is 11.6. The molecule has 0 radical (unpaired) electrons. The van der Waals surface area contributed by atoms with Gasteiger partial charge in [-0.2, -0.15) is 10.1 Å². The lowest BCUT2D eigenvalue weighted by molar-refractivity contribution is 0.825. The highest BCUT2D eigenvalue weighted by molar-refractivity contribution is 5.52. The molecule has 1 aromatic carbocycles. The third-order valence-electron chi connectivity index (χ3n) is 2.50. The molecule has 0 fully saturated rings. The number of aromatic amines is 1. The number of H-pyrrole nitrogens is 1. The second-order valence-electron chi connectivity index (χ2n) is 3.70. The number of hydrogen-bond acceptors (Lipinski definition) is 4. The Balaban J connectivity index is 2.27. The minimum absolute atomic E-state index is 0.140. The van der Waals surface area contributed by atoms with Crippen LogP contribution < -0.4 is 11.2 Å². The Bertz CT molecular complexity index is 776. The Kier molecular flexibility index (Phi) is 2.26. The highest BCUT2D eigenvalue weighted by Gasteiger charge is 2.11. The fourth-order valence-electron chi connectivity index (χ4n) is 1.68. The molecule has 3 rings (SSSR count). The van der Waals surface area contributed by atoms with E-state index in [4.69, 9.17) is 0 Å². The van der Waals surface area contributed by atoms with Crippen LogP contribution in [0.2, 0.25) is 0 Å². The van der Waals surface area contributed by atoms with Crippen molar-refractivity contribution in [2.24, 2.45) is 0 Å². The zero-order chi connectivity index (χ0) is 12.5. The Morgan fingerprint density at radius 2 is 1.83 bits per heavy atom. The van der Waals surface area contributed by atoms with Crippen molar-refractivity contribution in [3.8, 4) is 17.1 Å². The summed E-state index contributed by atoms with van der Waals surface area (Å²) in [5, 5.41) is 4.16. The molecule has 0 atom stereocenters. The zero-order valence-electron chi connectivity index (χ0n) is 9.20. The lowest BCUT2D eigenvalue weighted by Gasteiger charge is -2.07. The van der Waals surface area contributed by atoms with E-state index < -0.39 is 11.2 Å². The van der Waals surface area contributed by atoms with Crippen molar-refractivity contribution >= 4 is 0 Å². The van der Waals surface area contributed by atoms with E-state index in [-0.39, 0.29) is 11.4 Å². The van der Waals surface area contributed by atoms with Gasteiger partial charge in [-0.05, 0) is 18.2 Å². The van der Waals surface area contributed by atoms with E-state index >= 15 is 0 Å². The van der Waals surface area contributed by atoms with Gasteiger partial charge in [0.1, 0.15) is 5.69 Å². The van der Waals surface area contributed by atoms with Crippen LogP contribution in [0.5, 0.6) is 0 Å². The van der Waals surface area contributed by atoms with Gasteiger partial charge in [-0.1, -0.05) is 18.2 Å². The van der Waals surface area contributed by atoms with Crippen LogP contribution in [0.3, 0.4) is 0 Å². The maximum Gasteiger partial charge on any atom is 0.348 e. The van der Waals surface area contributed by atoms with Gasteiger partial charge >= 0.3 is 5.69 Å². The Hall–Kier alpha value is -2.76. The fraction of sp³-hybridized carbons (Fsp3) is 0. The van der Waals surface area contributed by atoms with Gasteiger partial charge in [0.2, 0.25) is 0 Å². The average molecular weight is 240 g/mol. The van der Waals surface area contributed by atoms with E-state index in [0.29, 0.717) is 0 Å². The number of para-hydroxylation sites is 1. The largest absolute Gasteiger partial charge is 0.348 e. The van der Waals surface area contributed by atoms with Crippen molar-refractivity contribution in [3.05, 3.63) is 63.4 Å². The standard InChI is InChI=1S/C12H8N4O2/c17-11-10-9(13-12(18)14-11)6-7-16(15-10)8-4-2-1-3-5-8/h1-7H,(H,14,17,18). The first-order chi connectivity index (χ1) is 8.74. The van der Waals surface area contributed by atoms with Crippen molar-refractivity contribution in [2.45, 2.75) is 0 Å². The molecular formula is C12H8N4O2. The predicted octanol–water partition coefficient (Wildman–Crippen LogP) is 0.421. The summed E-state index contributed by atoms with van der Waals surface area (Å²) < 4.78 is 1.56. The Morgan fingerprint density at radius 1 is 1.06 bits per heavy atom. The van der Waals surface area contributed by atoms with E-state index in [0.717, 1.165) is 5.69 Å². The summed E-state index contributed by atoms with van der Waals surface area (Å²) in [4.78, 5) is 28.4. The van der Waals surface area contributed by atoms with Gasteiger partial charge in [-0.3, -0.25) is 9.78 Å². The van der Waals surface area contributed by atoms with Crippen molar-refractivity contribution in [1.82, 2.24) is 19.7 Å². The zero-order valence-corrected chi connectivity index (χ0v) is 9.20. The monoisotopic (exact) mass is 240 g/mol. The van der Waals surface area contributed by atoms with Crippen molar-refractivity contribution in [1.29, 1.82) is 0 Å². The van der Waals surface area contributed by atoms with Crippen molar-refractivity contribution in [3.63, 3.8) is 0 Å². The Morgan fingerprint density at radius 3 is 2.61 bits per heavy atom. The minimum atomic E-state index is -0.660. The first-order valence-corrected chi connectivity index (χ1v) is 5.29. The third-order valence-corrected chi connectivity index (χ3v) is 2.50. The van der Waals surface area contributed by atoms with E-state index in [9.17, 15) is 9.59 Å². The second-order valence-corrected chi connectivity index (χ2v) is 3.70. The average Bonchev–Trinajstić information content (AvgIpc) is 2.39. The number of fused-ring (bicyclic) bond motifs is 1. The summed E-state index contributed by atoms with van der Waals surface area (Å²) in [6.07, 6.45) is 1.66. The van der Waals surface area contributed by atoms with Crippen LogP contribution in [0.15, 0.2) is 52.2 Å². The molecule has 2 aliphatic heterocycles. The van der Waals surface area contributed by atoms with Gasteiger partial charge < -0.3 is 0 Å². The van der Waals surface area contributed by atoms with E-state index in [2.05, 4.69) is 15.1 Å². The molecule has 0 spiro atoms. The SMILES string of the molecule is O=c1nc2ccn(-c3ccccc3)nc-2c(=O)[nH]1. The summed E-state index contributed by atoms with van der Waals surface area (Å²) in [6.45, 7) is 0. The minimum Gasteiger partial charge on any atom is -0.271 e. The van der Waals surface area contributed by atoms with Crippen LogP contribution in [0.4, 0.5) is 0 Å². The molecule has 2 aliphatic rings. The van der Waals surface area contributed by atoms with Crippen LogP contribution >= 0.6 is 0 Å². The number of aromatic nitrogens is 4. The van der Waals surface area contributed by atoms with E-state index in [1.807, 2.05) is 30.3 Å². The quantitative estimate of drug-likeness (QED) is 0.668. The summed E-state index contributed by atoms with van der Waals surface area (Å²) in [5.74, 6) is 0. The van der Waals surface area contributed by atoms with Gasteiger partial charge in [0.25, 0.3) is 5.56 Å². The Labute approximate surface area is 101 Å². The first-order valence-electron chi connectivity index (χ1n) is 5.29. The topological polar surface area (TPSA) is 80.6 Å². The first kappa shape index (κ1) is 10.4. The molecule has 0 amide bonds. The van der Waals surface area contributed by atoms with Gasteiger partial charge in [0, 0.05) is 6.20 Å². The van der Waals surface area contributed by atoms with Crippen LogP contribution in [0.1, 0.15) is 0 Å². The molecule has 18 heavy (non-hydrogen) atoms. The summed E-state index contributed by atoms with van der Waals surface area (Å²) in [5.41, 5.74) is 0.0592. The van der Waals surface area contributed by atoms with Gasteiger partial charge in [-0.25, -0.2) is 9.48 Å². The number of rotatable bonds is 1. The number of benzene rings is 1. The van der Waals surface area contributed by atoms with Crippen LogP contribution in [0.25, 0.3) is 17.1 Å². The number of hydrogen-bond donors (Lipinski definition) is 1. The molecule has 2 heterocycles. The molecule has 0 aliphatic carbocycles. The molecule has 1 N–H and O–H groups in total. The molecule has 0 aromatic heterocycles. The molecule has 1 aromatic rings. The van der Waals surface area contributed by atoms with Crippen LogP contribution in [-0.4, -0.2) is 19.7 Å². The van der Waals surface area contributed by atoms with Gasteiger partial charge in [0.15, 0.2) is 5.69 Å². The summed E-state index contributed by atoms with van der Waals surface area (Å²) >= 11 is 0. The van der Waals surface area contributed by atoms with Gasteiger partial charge in [-0.15, -0.1) is 0 Å². The highest BCUT2D eigenvalue weighted by atomic mass is 16.2. The fourth-order valence-corrected chi connectivity index (χ4v) is 1.68. The lowest BCUT2D eigenvalue weighted by atomic mass is 10.3. The van der Waals surface area contributed by atoms with Crippen molar-refractivity contribution in [2.75, 3.05) is 0 Å².